The standard InChI is InChI=1S/C4H18N3O16P5.Na.H/c5-1-2-6-3-4-7-19-25(11,12)21-27(15,16)23-28(17,18)22-26(13,14)20-24(8,9)10;;/h6-7H,1-5H2,(H,11,12)(H,13,14)(H,15,16)(H,17,18)(H2,8,9,10);;/q;+1;-1. The molecule has 0 aliphatic rings. The van der Waals surface area contributed by atoms with E-state index in [1.165, 1.54) is 0 Å². The van der Waals surface area contributed by atoms with Crippen LogP contribution in [0.1, 0.15) is 1.43 Å². The number of hydrogen-bond donors (Lipinski definition) is 9. The smallest absolute Gasteiger partial charge is 1.00 e. The second-order valence-electron chi connectivity index (χ2n) is 4.22. The molecule has 0 fully saturated rings. The first-order chi connectivity index (χ1) is 12.4. The Morgan fingerprint density at radius 1 is 0.690 bits per heavy atom. The van der Waals surface area contributed by atoms with Crippen molar-refractivity contribution in [3.8, 4) is 0 Å². The van der Waals surface area contributed by atoms with E-state index in [1.54, 1.807) is 0 Å². The van der Waals surface area contributed by atoms with Crippen LogP contribution in [0.25, 0.3) is 0 Å². The summed E-state index contributed by atoms with van der Waals surface area (Å²) in [5, 5.41) is 2.73. The number of phosphoric acid groups is 5. The van der Waals surface area contributed by atoms with Gasteiger partial charge in [-0.3, -0.25) is 0 Å². The minimum atomic E-state index is -6.10. The molecule has 0 saturated carbocycles. The third-order valence-electron chi connectivity index (χ3n) is 1.73. The summed E-state index contributed by atoms with van der Waals surface area (Å²) in [5.41, 5.74) is 7.03. The maximum absolute atomic E-state index is 11.5. The first kappa shape index (κ1) is 32.8. The van der Waals surface area contributed by atoms with Crippen LogP contribution in [0.15, 0.2) is 0 Å². The van der Waals surface area contributed by atoms with Crippen LogP contribution in [-0.4, -0.2) is 55.5 Å². The largest absolute Gasteiger partial charge is 1.00 e. The van der Waals surface area contributed by atoms with E-state index in [0.717, 1.165) is 0 Å². The summed E-state index contributed by atoms with van der Waals surface area (Å²) in [5.74, 6) is 0. The Kier molecular flexibility index (Phi) is 15.1. The van der Waals surface area contributed by atoms with Crippen molar-refractivity contribution in [1.29, 1.82) is 0 Å². The number of hydrogen-bond acceptors (Lipinski definition) is 13. The normalized spacial score (nSPS) is 20.5. The molecule has 172 valence electrons. The summed E-state index contributed by atoms with van der Waals surface area (Å²) < 4.78 is 73.3. The average molecular weight is 543 g/mol. The van der Waals surface area contributed by atoms with Crippen molar-refractivity contribution in [2.75, 3.05) is 26.2 Å². The zero-order valence-electron chi connectivity index (χ0n) is 15.4. The molecule has 0 bridgehead atoms. The van der Waals surface area contributed by atoms with E-state index in [2.05, 4.69) is 27.2 Å². The zero-order valence-corrected chi connectivity index (χ0v) is 20.9. The van der Waals surface area contributed by atoms with Crippen LogP contribution in [0.4, 0.5) is 0 Å². The third kappa shape index (κ3) is 18.8. The summed E-state index contributed by atoms with van der Waals surface area (Å²) in [7, 11) is -29.2. The molecule has 0 heterocycles. The molecular weight excluding hydrogens is 524 g/mol. The van der Waals surface area contributed by atoms with Crippen LogP contribution < -0.4 is 46.1 Å². The molecule has 0 aromatic heterocycles. The minimum Gasteiger partial charge on any atom is -1.00 e. The van der Waals surface area contributed by atoms with Crippen LogP contribution in [0.3, 0.4) is 0 Å². The van der Waals surface area contributed by atoms with Crippen LogP contribution in [0.2, 0.25) is 0 Å². The Balaban J connectivity index is -0.00000364. The van der Waals surface area contributed by atoms with Gasteiger partial charge in [0, 0.05) is 26.2 Å². The molecule has 0 aromatic rings. The fraction of sp³-hybridized carbons (Fsp3) is 1.00. The van der Waals surface area contributed by atoms with E-state index in [1.807, 2.05) is 5.48 Å². The predicted octanol–water partition coefficient (Wildman–Crippen LogP) is -4.27. The molecule has 0 radical (unpaired) electrons. The van der Waals surface area contributed by atoms with Gasteiger partial charge in [0.1, 0.15) is 0 Å². The molecule has 4 unspecified atom stereocenters. The van der Waals surface area contributed by atoms with Gasteiger partial charge in [0.2, 0.25) is 0 Å². The van der Waals surface area contributed by atoms with Crippen LogP contribution in [0.5, 0.6) is 0 Å². The Morgan fingerprint density at radius 2 is 1.10 bits per heavy atom. The molecule has 0 spiro atoms. The van der Waals surface area contributed by atoms with Crippen LogP contribution in [0, 0.1) is 0 Å². The Hall–Kier alpha value is 1.59. The van der Waals surface area contributed by atoms with Crippen molar-refractivity contribution in [3.63, 3.8) is 0 Å². The molecule has 19 nitrogen and oxygen atoms in total. The minimum absolute atomic E-state index is 0. The summed E-state index contributed by atoms with van der Waals surface area (Å²) in [6.45, 7) is 0.757. The molecule has 25 heteroatoms. The van der Waals surface area contributed by atoms with E-state index >= 15 is 0 Å². The molecule has 0 aliphatic carbocycles. The van der Waals surface area contributed by atoms with Gasteiger partial charge in [-0.25, -0.2) is 22.8 Å². The maximum Gasteiger partial charge on any atom is 1.00 e. The molecule has 0 saturated heterocycles. The van der Waals surface area contributed by atoms with E-state index in [9.17, 15) is 27.7 Å². The van der Waals surface area contributed by atoms with Crippen molar-refractivity contribution in [3.05, 3.63) is 0 Å². The number of rotatable bonds is 15. The van der Waals surface area contributed by atoms with E-state index < -0.39 is 39.1 Å². The quantitative estimate of drug-likeness (QED) is 0.0409. The Bertz CT molecular complexity index is 746. The fourth-order valence-corrected chi connectivity index (χ4v) is 6.84. The molecule has 10 N–H and O–H groups in total. The summed E-state index contributed by atoms with van der Waals surface area (Å²) in [6.07, 6.45) is 0. The van der Waals surface area contributed by atoms with E-state index in [-0.39, 0.29) is 44.1 Å². The molecule has 0 amide bonds. The number of nitrogens with one attached hydrogen (secondary N) is 2. The third-order valence-corrected chi connectivity index (χ3v) is 8.72. The molecule has 4 atom stereocenters. The van der Waals surface area contributed by atoms with Gasteiger partial charge >= 0.3 is 68.7 Å². The Morgan fingerprint density at radius 3 is 1.52 bits per heavy atom. The monoisotopic (exact) mass is 543 g/mol. The van der Waals surface area contributed by atoms with Gasteiger partial charge in [-0.1, -0.05) is 0 Å². The fourth-order valence-electron chi connectivity index (χ4n) is 1.08. The van der Waals surface area contributed by atoms with Crippen molar-refractivity contribution in [2.24, 2.45) is 5.73 Å². The summed E-state index contributed by atoms with van der Waals surface area (Å²) in [6, 6.07) is 0. The van der Waals surface area contributed by atoms with Crippen molar-refractivity contribution < 1.29 is 105 Å². The zero-order chi connectivity index (χ0) is 22.3. The predicted molar refractivity (Wildman–Crippen MR) is 87.8 cm³/mol. The second-order valence-corrected chi connectivity index (χ2v) is 11.7. The summed E-state index contributed by atoms with van der Waals surface area (Å²) >= 11 is 0. The van der Waals surface area contributed by atoms with Crippen LogP contribution in [-0.2, 0) is 44.7 Å². The maximum atomic E-state index is 11.5. The van der Waals surface area contributed by atoms with Gasteiger partial charge in [-0.15, -0.1) is 0 Å². The van der Waals surface area contributed by atoms with Gasteiger partial charge in [-0.05, 0) is 0 Å². The van der Waals surface area contributed by atoms with Gasteiger partial charge in [-0.2, -0.15) is 27.3 Å². The SMILES string of the molecule is NCCNCCNOP(=O)(O)OP(=O)(O)OP(=O)(O)OP(=O)(O)OP(=O)(O)O.[H-].[Na+]. The van der Waals surface area contributed by atoms with Crippen LogP contribution >= 0.6 is 39.1 Å². The first-order valence-electron chi connectivity index (χ1n) is 6.43. The number of nitrogens with two attached hydrogens (primary N) is 1. The topological polar surface area (TPSA) is 303 Å². The van der Waals surface area contributed by atoms with E-state index in [0.29, 0.717) is 13.1 Å². The van der Waals surface area contributed by atoms with Crippen molar-refractivity contribution in [2.45, 2.75) is 0 Å². The molecule has 0 rings (SSSR count). The molecular formula is C4H19N3NaO16P5. The molecule has 0 aromatic carbocycles. The van der Waals surface area contributed by atoms with Gasteiger partial charge in [0.15, 0.2) is 0 Å². The Labute approximate surface area is 186 Å². The van der Waals surface area contributed by atoms with Gasteiger partial charge in [0.25, 0.3) is 0 Å². The average Bonchev–Trinajstić information content (AvgIpc) is 2.35. The number of hydroxylamine groups is 1. The van der Waals surface area contributed by atoms with Gasteiger partial charge in [0.05, 0.1) is 0 Å². The first-order valence-corrected chi connectivity index (χ1v) is 13.9. The van der Waals surface area contributed by atoms with E-state index in [4.69, 9.17) is 30.2 Å². The molecule has 29 heavy (non-hydrogen) atoms. The summed E-state index contributed by atoms with van der Waals surface area (Å²) in [4.78, 5) is 52.9. The molecule has 0 aliphatic heterocycles. The van der Waals surface area contributed by atoms with Gasteiger partial charge < -0.3 is 41.8 Å². The second kappa shape index (κ2) is 13.3. The van der Waals surface area contributed by atoms with Crippen molar-refractivity contribution >= 4 is 39.1 Å². The van der Waals surface area contributed by atoms with Crippen molar-refractivity contribution in [1.82, 2.24) is 10.8 Å².